The van der Waals surface area contributed by atoms with Gasteiger partial charge in [-0.2, -0.15) is 5.26 Å². The summed E-state index contributed by atoms with van der Waals surface area (Å²) in [5.41, 5.74) is 0.312. The van der Waals surface area contributed by atoms with Gasteiger partial charge in [0.25, 0.3) is 0 Å². The summed E-state index contributed by atoms with van der Waals surface area (Å²) in [4.78, 5) is 22.6. The van der Waals surface area contributed by atoms with Crippen molar-refractivity contribution in [1.29, 1.82) is 5.26 Å². The summed E-state index contributed by atoms with van der Waals surface area (Å²) in [5.74, 6) is -0.727. The lowest BCUT2D eigenvalue weighted by Crippen LogP contribution is -2.25. The zero-order chi connectivity index (χ0) is 11.7. The van der Waals surface area contributed by atoms with Crippen LogP contribution in [0.4, 0.5) is 0 Å². The van der Waals surface area contributed by atoms with E-state index in [2.05, 4.69) is 0 Å². The molecule has 0 aliphatic rings. The molecule has 0 unspecified atom stereocenters. The fourth-order valence-electron chi connectivity index (χ4n) is 1.23. The Hall–Kier alpha value is -2.55. The van der Waals surface area contributed by atoms with Crippen LogP contribution in [0, 0.1) is 11.3 Å². The molecule has 0 N–H and O–H groups in total. The Kier molecular flexibility index (Phi) is 2.21. The Morgan fingerprint density at radius 2 is 1.88 bits per heavy atom. The molecule has 1 heterocycles. The predicted octanol–water partition coefficient (Wildman–Crippen LogP) is 0.000880. The molecular weight excluding hydrogens is 210 g/mol. The van der Waals surface area contributed by atoms with Gasteiger partial charge in [-0.3, -0.25) is 0 Å². The smallest absolute Gasteiger partial charge is 0.312 e. The van der Waals surface area contributed by atoms with E-state index in [9.17, 15) is 9.59 Å². The zero-order valence-corrected chi connectivity index (χ0v) is 8.38. The first-order chi connectivity index (χ1) is 7.63. The van der Waals surface area contributed by atoms with E-state index in [0.29, 0.717) is 11.3 Å². The van der Waals surface area contributed by atoms with Crippen molar-refractivity contribution in [2.24, 2.45) is 7.05 Å². The van der Waals surface area contributed by atoms with Crippen LogP contribution in [-0.2, 0) is 7.05 Å². The first-order valence-electron chi connectivity index (χ1n) is 4.43. The molecule has 0 aliphatic carbocycles. The van der Waals surface area contributed by atoms with Gasteiger partial charge >= 0.3 is 11.4 Å². The lowest BCUT2D eigenvalue weighted by molar-refractivity contribution is 0.312. The Morgan fingerprint density at radius 1 is 1.25 bits per heavy atom. The fraction of sp³-hybridized carbons (Fsp3) is 0.100. The lowest BCUT2D eigenvalue weighted by atomic mass is 10.2. The number of aromatic nitrogens is 2. The molecule has 0 radical (unpaired) electrons. The van der Waals surface area contributed by atoms with E-state index in [1.54, 1.807) is 0 Å². The average Bonchev–Trinajstić information content (AvgIpc) is 2.57. The van der Waals surface area contributed by atoms with E-state index in [-0.39, 0.29) is 0 Å². The second kappa shape index (κ2) is 3.55. The normalized spacial score (nSPS) is 10.0. The van der Waals surface area contributed by atoms with Gasteiger partial charge in [0, 0.05) is 7.05 Å². The van der Waals surface area contributed by atoms with Gasteiger partial charge in [0.2, 0.25) is 0 Å². The molecular formula is C10H7N3O3. The van der Waals surface area contributed by atoms with Crippen molar-refractivity contribution >= 4 is 0 Å². The Balaban J connectivity index is 2.60. The second-order valence-electron chi connectivity index (χ2n) is 3.15. The van der Waals surface area contributed by atoms with Crippen LogP contribution in [0.3, 0.4) is 0 Å². The maximum absolute atomic E-state index is 11.5. The molecule has 1 aromatic heterocycles. The van der Waals surface area contributed by atoms with E-state index in [4.69, 9.17) is 9.78 Å². The highest BCUT2D eigenvalue weighted by Crippen LogP contribution is 2.05. The van der Waals surface area contributed by atoms with Gasteiger partial charge in [0.15, 0.2) is 0 Å². The third-order valence-electron chi connectivity index (χ3n) is 2.13. The molecule has 0 saturated carbocycles. The number of nitrogens with zero attached hydrogens (tertiary/aromatic N) is 3. The molecule has 16 heavy (non-hydrogen) atoms. The number of nitriles is 1. The summed E-state index contributed by atoms with van der Waals surface area (Å²) in [6.45, 7) is 0. The van der Waals surface area contributed by atoms with E-state index >= 15 is 0 Å². The molecule has 6 heteroatoms. The van der Waals surface area contributed by atoms with Crippen molar-refractivity contribution < 1.29 is 4.52 Å². The van der Waals surface area contributed by atoms with Crippen LogP contribution < -0.4 is 11.4 Å². The zero-order valence-electron chi connectivity index (χ0n) is 8.38. The highest BCUT2D eigenvalue weighted by molar-refractivity contribution is 5.38. The molecule has 0 aliphatic heterocycles. The largest absolute Gasteiger partial charge is 0.442 e. The van der Waals surface area contributed by atoms with Gasteiger partial charge in [-0.1, -0.05) is 0 Å². The van der Waals surface area contributed by atoms with E-state index < -0.39 is 11.4 Å². The van der Waals surface area contributed by atoms with Gasteiger partial charge < -0.3 is 4.52 Å². The van der Waals surface area contributed by atoms with Gasteiger partial charge in [-0.25, -0.2) is 14.2 Å². The van der Waals surface area contributed by atoms with Crippen LogP contribution in [0.5, 0.6) is 0 Å². The molecule has 80 valence electrons. The summed E-state index contributed by atoms with van der Waals surface area (Å²) in [6, 6.07) is 8.09. The van der Waals surface area contributed by atoms with Crippen molar-refractivity contribution in [2.75, 3.05) is 0 Å². The summed E-state index contributed by atoms with van der Waals surface area (Å²) < 4.78 is 6.47. The minimum Gasteiger partial charge on any atom is -0.312 e. The molecule has 6 nitrogen and oxygen atoms in total. The fourth-order valence-corrected chi connectivity index (χ4v) is 1.23. The Morgan fingerprint density at radius 3 is 2.31 bits per heavy atom. The van der Waals surface area contributed by atoms with E-state index in [1.807, 2.05) is 6.07 Å². The molecule has 0 atom stereocenters. The van der Waals surface area contributed by atoms with Crippen molar-refractivity contribution in [3.63, 3.8) is 0 Å². The van der Waals surface area contributed by atoms with Crippen molar-refractivity contribution in [3.05, 3.63) is 50.9 Å². The first-order valence-corrected chi connectivity index (χ1v) is 4.43. The Labute approximate surface area is 89.5 Å². The van der Waals surface area contributed by atoms with Gasteiger partial charge in [0.1, 0.15) is 0 Å². The molecule has 1 aromatic carbocycles. The molecule has 0 amide bonds. The average molecular weight is 217 g/mol. The van der Waals surface area contributed by atoms with E-state index in [1.165, 1.54) is 31.3 Å². The van der Waals surface area contributed by atoms with Gasteiger partial charge in [-0.05, 0) is 24.3 Å². The monoisotopic (exact) mass is 217 g/mol. The van der Waals surface area contributed by atoms with Crippen molar-refractivity contribution in [2.45, 2.75) is 0 Å². The number of hydrogen-bond acceptors (Lipinski definition) is 4. The maximum atomic E-state index is 11.5. The second-order valence-corrected chi connectivity index (χ2v) is 3.15. The standard InChI is InChI=1S/C10H7N3O3/c1-12-9(14)13(16-10(12)15)8-4-2-7(6-11)3-5-8/h2-5H,1H3. The van der Waals surface area contributed by atoms with Crippen LogP contribution in [0.1, 0.15) is 5.56 Å². The third-order valence-corrected chi connectivity index (χ3v) is 2.13. The number of benzene rings is 1. The van der Waals surface area contributed by atoms with Crippen LogP contribution in [0.2, 0.25) is 0 Å². The van der Waals surface area contributed by atoms with Crippen LogP contribution in [0.25, 0.3) is 5.69 Å². The van der Waals surface area contributed by atoms with Gasteiger partial charge in [-0.15, -0.1) is 4.74 Å². The minimum absolute atomic E-state index is 0.404. The highest BCUT2D eigenvalue weighted by atomic mass is 16.5. The topological polar surface area (TPSA) is 80.9 Å². The summed E-state index contributed by atoms with van der Waals surface area (Å²) in [6.07, 6.45) is 0. The van der Waals surface area contributed by atoms with Crippen LogP contribution in [-0.4, -0.2) is 9.31 Å². The third kappa shape index (κ3) is 1.44. The summed E-state index contributed by atoms with van der Waals surface area (Å²) in [5, 5.41) is 8.61. The minimum atomic E-state index is -0.727. The van der Waals surface area contributed by atoms with Crippen LogP contribution >= 0.6 is 0 Å². The first kappa shape index (κ1) is 9.98. The molecule has 2 rings (SSSR count). The molecule has 2 aromatic rings. The lowest BCUT2D eigenvalue weighted by Gasteiger charge is -1.96. The predicted molar refractivity (Wildman–Crippen MR) is 54.3 cm³/mol. The highest BCUT2D eigenvalue weighted by Gasteiger charge is 2.09. The molecule has 0 bridgehead atoms. The Bertz CT molecular complexity index is 667. The van der Waals surface area contributed by atoms with E-state index in [0.717, 1.165) is 9.31 Å². The summed E-state index contributed by atoms with van der Waals surface area (Å²) in [7, 11) is 1.33. The van der Waals surface area contributed by atoms with Crippen LogP contribution in [0.15, 0.2) is 38.4 Å². The SMILES string of the molecule is Cn1c(=O)on(-c2ccc(C#N)cc2)c1=O. The maximum Gasteiger partial charge on any atom is 0.442 e. The molecule has 0 spiro atoms. The quantitative estimate of drug-likeness (QED) is 0.673. The molecule has 0 fully saturated rings. The molecule has 0 saturated heterocycles. The van der Waals surface area contributed by atoms with Crippen molar-refractivity contribution in [1.82, 2.24) is 9.31 Å². The van der Waals surface area contributed by atoms with Gasteiger partial charge in [0.05, 0.1) is 17.3 Å². The number of rotatable bonds is 1. The number of hydrogen-bond donors (Lipinski definition) is 0. The van der Waals surface area contributed by atoms with Crippen molar-refractivity contribution in [3.8, 4) is 11.8 Å². The summed E-state index contributed by atoms with van der Waals surface area (Å²) >= 11 is 0.